The standard InChI is InChI=1S/C18H23N3O5S/c1-3-20-16(23)15-13(7-9-27-15)21(18(20)25)11-14(22)19-8-5-6-12(10-19)17(24)26-4-2/h7,9,12H,3-6,8,10-11H2,1-2H3. The van der Waals surface area contributed by atoms with Crippen molar-refractivity contribution in [1.29, 1.82) is 0 Å². The topological polar surface area (TPSA) is 90.6 Å². The molecule has 1 saturated heterocycles. The lowest BCUT2D eigenvalue weighted by Gasteiger charge is -2.31. The molecule has 3 rings (SSSR count). The lowest BCUT2D eigenvalue weighted by Crippen LogP contribution is -2.46. The van der Waals surface area contributed by atoms with Crippen LogP contribution in [0, 0.1) is 5.92 Å². The van der Waals surface area contributed by atoms with Gasteiger partial charge in [0.1, 0.15) is 11.2 Å². The van der Waals surface area contributed by atoms with Gasteiger partial charge in [0.2, 0.25) is 5.91 Å². The van der Waals surface area contributed by atoms with Crippen molar-refractivity contribution >= 4 is 33.4 Å². The molecule has 0 saturated carbocycles. The predicted octanol–water partition coefficient (Wildman–Crippen LogP) is 1.05. The number of ether oxygens (including phenoxy) is 1. The van der Waals surface area contributed by atoms with Crippen molar-refractivity contribution in [2.24, 2.45) is 5.92 Å². The molecular weight excluding hydrogens is 370 g/mol. The molecule has 1 amide bonds. The van der Waals surface area contributed by atoms with Crippen molar-refractivity contribution in [3.05, 3.63) is 32.3 Å². The summed E-state index contributed by atoms with van der Waals surface area (Å²) in [4.78, 5) is 51.5. The summed E-state index contributed by atoms with van der Waals surface area (Å²) in [6, 6.07) is 1.69. The van der Waals surface area contributed by atoms with Crippen LogP contribution in [0.1, 0.15) is 26.7 Å². The SMILES string of the molecule is CCOC(=O)C1CCCN(C(=O)Cn2c(=O)n(CC)c(=O)c3sccc32)C1. The first-order chi connectivity index (χ1) is 13.0. The molecule has 0 bridgehead atoms. The number of hydrogen-bond acceptors (Lipinski definition) is 6. The second kappa shape index (κ2) is 8.08. The van der Waals surface area contributed by atoms with Crippen molar-refractivity contribution in [2.75, 3.05) is 19.7 Å². The Morgan fingerprint density at radius 3 is 2.74 bits per heavy atom. The highest BCUT2D eigenvalue weighted by Gasteiger charge is 2.30. The van der Waals surface area contributed by atoms with Gasteiger partial charge in [-0.25, -0.2) is 4.79 Å². The van der Waals surface area contributed by atoms with E-state index in [0.717, 1.165) is 4.57 Å². The number of rotatable bonds is 5. The second-order valence-electron chi connectivity index (χ2n) is 6.48. The molecule has 27 heavy (non-hydrogen) atoms. The van der Waals surface area contributed by atoms with E-state index in [1.165, 1.54) is 15.9 Å². The highest BCUT2D eigenvalue weighted by Crippen LogP contribution is 2.19. The maximum Gasteiger partial charge on any atom is 0.331 e. The van der Waals surface area contributed by atoms with Crippen molar-refractivity contribution in [1.82, 2.24) is 14.0 Å². The predicted molar refractivity (Wildman–Crippen MR) is 102 cm³/mol. The number of thiophene rings is 1. The van der Waals surface area contributed by atoms with Crippen LogP contribution in [0.15, 0.2) is 21.0 Å². The van der Waals surface area contributed by atoms with Crippen molar-refractivity contribution in [2.45, 2.75) is 39.8 Å². The molecule has 2 aromatic heterocycles. The van der Waals surface area contributed by atoms with Crippen molar-refractivity contribution < 1.29 is 14.3 Å². The number of nitrogens with zero attached hydrogens (tertiary/aromatic N) is 3. The van der Waals surface area contributed by atoms with Gasteiger partial charge in [-0.15, -0.1) is 11.3 Å². The van der Waals surface area contributed by atoms with Crippen LogP contribution in [-0.2, 0) is 27.4 Å². The summed E-state index contributed by atoms with van der Waals surface area (Å²) >= 11 is 1.26. The minimum atomic E-state index is -0.485. The third-order valence-corrected chi connectivity index (χ3v) is 5.73. The molecule has 9 heteroatoms. The van der Waals surface area contributed by atoms with Crippen LogP contribution < -0.4 is 11.2 Å². The van der Waals surface area contributed by atoms with Crippen LogP contribution in [-0.4, -0.2) is 45.6 Å². The number of hydrogen-bond donors (Lipinski definition) is 0. The molecule has 0 aliphatic carbocycles. The normalized spacial score (nSPS) is 17.3. The van der Waals surface area contributed by atoms with E-state index in [2.05, 4.69) is 0 Å². The summed E-state index contributed by atoms with van der Waals surface area (Å²) in [7, 11) is 0. The fourth-order valence-corrected chi connectivity index (χ4v) is 4.30. The number of likely N-dealkylation sites (tertiary alicyclic amines) is 1. The van der Waals surface area contributed by atoms with Crippen LogP contribution in [0.5, 0.6) is 0 Å². The second-order valence-corrected chi connectivity index (χ2v) is 7.40. The summed E-state index contributed by atoms with van der Waals surface area (Å²) in [5.74, 6) is -0.850. The van der Waals surface area contributed by atoms with E-state index >= 15 is 0 Å². The first kappa shape index (κ1) is 19.3. The van der Waals surface area contributed by atoms with Gasteiger partial charge in [0.25, 0.3) is 5.56 Å². The van der Waals surface area contributed by atoms with Gasteiger partial charge in [0.05, 0.1) is 18.0 Å². The number of amides is 1. The van der Waals surface area contributed by atoms with Crippen LogP contribution in [0.3, 0.4) is 0 Å². The Bertz CT molecular complexity index is 974. The van der Waals surface area contributed by atoms with Crippen LogP contribution >= 0.6 is 11.3 Å². The molecule has 3 heterocycles. The number of esters is 1. The van der Waals surface area contributed by atoms with Crippen LogP contribution in [0.2, 0.25) is 0 Å². The van der Waals surface area contributed by atoms with E-state index in [4.69, 9.17) is 4.74 Å². The Labute approximate surface area is 160 Å². The highest BCUT2D eigenvalue weighted by atomic mass is 32.1. The maximum atomic E-state index is 12.8. The van der Waals surface area contributed by atoms with E-state index < -0.39 is 5.69 Å². The Morgan fingerprint density at radius 1 is 1.26 bits per heavy atom. The summed E-state index contributed by atoms with van der Waals surface area (Å²) in [5.41, 5.74) is -0.329. The van der Waals surface area contributed by atoms with Crippen molar-refractivity contribution in [3.8, 4) is 0 Å². The highest BCUT2D eigenvalue weighted by molar-refractivity contribution is 7.17. The third kappa shape index (κ3) is 3.69. The third-order valence-electron chi connectivity index (χ3n) is 4.84. The monoisotopic (exact) mass is 393 g/mol. The minimum Gasteiger partial charge on any atom is -0.466 e. The van der Waals surface area contributed by atoms with Gasteiger partial charge in [0.15, 0.2) is 0 Å². The zero-order chi connectivity index (χ0) is 19.6. The fraction of sp³-hybridized carbons (Fsp3) is 0.556. The Hall–Kier alpha value is -2.42. The van der Waals surface area contributed by atoms with Gasteiger partial charge in [-0.1, -0.05) is 0 Å². The molecule has 0 spiro atoms. The average molecular weight is 393 g/mol. The summed E-state index contributed by atoms with van der Waals surface area (Å²) < 4.78 is 8.03. The molecule has 1 atom stereocenters. The van der Waals surface area contributed by atoms with Gasteiger partial charge in [-0.2, -0.15) is 0 Å². The molecule has 0 aromatic carbocycles. The number of carbonyl (C=O) groups is 2. The Morgan fingerprint density at radius 2 is 2.04 bits per heavy atom. The number of piperidine rings is 1. The molecular formula is C18H23N3O5S. The lowest BCUT2D eigenvalue weighted by molar-refractivity contribution is -0.151. The molecule has 146 valence electrons. The zero-order valence-electron chi connectivity index (χ0n) is 15.5. The van der Waals surface area contributed by atoms with E-state index in [-0.39, 0.29) is 36.4 Å². The minimum absolute atomic E-state index is 0.151. The summed E-state index contributed by atoms with van der Waals surface area (Å²) in [6.45, 7) is 4.73. The fourth-order valence-electron chi connectivity index (χ4n) is 3.46. The van der Waals surface area contributed by atoms with E-state index in [1.807, 2.05) is 0 Å². The van der Waals surface area contributed by atoms with Gasteiger partial charge in [-0.3, -0.25) is 23.5 Å². The molecule has 0 radical (unpaired) electrons. The van der Waals surface area contributed by atoms with Crippen molar-refractivity contribution in [3.63, 3.8) is 0 Å². The molecule has 1 aliphatic heterocycles. The Balaban J connectivity index is 1.86. The summed E-state index contributed by atoms with van der Waals surface area (Å²) in [5, 5.41) is 1.74. The van der Waals surface area contributed by atoms with Gasteiger partial charge >= 0.3 is 11.7 Å². The van der Waals surface area contributed by atoms with E-state index in [1.54, 1.807) is 30.2 Å². The maximum absolute atomic E-state index is 12.8. The van der Waals surface area contributed by atoms with E-state index in [9.17, 15) is 19.2 Å². The molecule has 1 aliphatic rings. The Kier molecular flexibility index (Phi) is 5.79. The average Bonchev–Trinajstić information content (AvgIpc) is 3.16. The number of fused-ring (bicyclic) bond motifs is 1. The smallest absolute Gasteiger partial charge is 0.331 e. The molecule has 8 nitrogen and oxygen atoms in total. The van der Waals surface area contributed by atoms with Gasteiger partial charge in [-0.05, 0) is 38.1 Å². The number of aromatic nitrogens is 2. The number of carbonyl (C=O) groups excluding carboxylic acids is 2. The van der Waals surface area contributed by atoms with Crippen LogP contribution in [0.25, 0.3) is 10.2 Å². The van der Waals surface area contributed by atoms with Crippen LogP contribution in [0.4, 0.5) is 0 Å². The zero-order valence-corrected chi connectivity index (χ0v) is 16.3. The first-order valence-electron chi connectivity index (χ1n) is 9.13. The molecule has 2 aromatic rings. The lowest BCUT2D eigenvalue weighted by atomic mass is 9.98. The van der Waals surface area contributed by atoms with E-state index in [0.29, 0.717) is 42.8 Å². The van der Waals surface area contributed by atoms with Gasteiger partial charge in [0, 0.05) is 19.6 Å². The first-order valence-corrected chi connectivity index (χ1v) is 10.0. The molecule has 0 N–H and O–H groups in total. The summed E-state index contributed by atoms with van der Waals surface area (Å²) in [6.07, 6.45) is 1.41. The molecule has 1 unspecified atom stereocenters. The molecule has 1 fully saturated rings. The van der Waals surface area contributed by atoms with Gasteiger partial charge < -0.3 is 9.64 Å². The largest absolute Gasteiger partial charge is 0.466 e. The quantitative estimate of drug-likeness (QED) is 0.708.